The van der Waals surface area contributed by atoms with Crippen molar-refractivity contribution >= 4 is 11.5 Å². The molecule has 0 radical (unpaired) electrons. The normalized spacial score (nSPS) is 12.4. The van der Waals surface area contributed by atoms with Gasteiger partial charge in [-0.1, -0.05) is 30.3 Å². The van der Waals surface area contributed by atoms with Gasteiger partial charge in [0, 0.05) is 23.7 Å². The Balaban J connectivity index is 2.72. The molecule has 2 aromatic rings. The molecule has 0 saturated carbocycles. The van der Waals surface area contributed by atoms with Crippen LogP contribution in [0.5, 0.6) is 5.75 Å². The molecular formula is C23H26F3NO2. The second-order valence-corrected chi connectivity index (χ2v) is 7.27. The van der Waals surface area contributed by atoms with Crippen molar-refractivity contribution in [2.45, 2.75) is 46.0 Å². The Morgan fingerprint density at radius 2 is 1.59 bits per heavy atom. The molecule has 3 nitrogen and oxygen atoms in total. The Morgan fingerprint density at radius 1 is 1.00 bits per heavy atom. The van der Waals surface area contributed by atoms with E-state index >= 15 is 0 Å². The van der Waals surface area contributed by atoms with Crippen molar-refractivity contribution in [2.75, 3.05) is 7.11 Å². The highest BCUT2D eigenvalue weighted by Gasteiger charge is 2.32. The summed E-state index contributed by atoms with van der Waals surface area (Å²) in [6.07, 6.45) is -3.11. The van der Waals surface area contributed by atoms with Gasteiger partial charge < -0.3 is 9.64 Å². The van der Waals surface area contributed by atoms with Crippen molar-refractivity contribution in [1.29, 1.82) is 0 Å². The average molecular weight is 405 g/mol. The van der Waals surface area contributed by atoms with Gasteiger partial charge in [-0.25, -0.2) is 0 Å². The number of methoxy groups -OCH3 is 1. The van der Waals surface area contributed by atoms with Gasteiger partial charge in [-0.3, -0.25) is 4.79 Å². The lowest BCUT2D eigenvalue weighted by molar-refractivity contribution is -0.137. The minimum atomic E-state index is -4.51. The molecule has 1 amide bonds. The molecule has 29 heavy (non-hydrogen) atoms. The van der Waals surface area contributed by atoms with E-state index in [0.717, 1.165) is 12.1 Å². The summed E-state index contributed by atoms with van der Waals surface area (Å²) in [4.78, 5) is 14.7. The van der Waals surface area contributed by atoms with E-state index < -0.39 is 11.7 Å². The molecule has 156 valence electrons. The molecule has 0 aliphatic heterocycles. The number of halogens is 3. The van der Waals surface area contributed by atoms with Gasteiger partial charge in [0.2, 0.25) is 5.91 Å². The number of amides is 1. The van der Waals surface area contributed by atoms with Crippen LogP contribution in [-0.4, -0.2) is 30.0 Å². The second-order valence-electron chi connectivity index (χ2n) is 7.27. The van der Waals surface area contributed by atoms with Gasteiger partial charge in [-0.15, -0.1) is 0 Å². The van der Waals surface area contributed by atoms with Crippen LogP contribution >= 0.6 is 0 Å². The second kappa shape index (κ2) is 9.16. The number of hydrogen-bond donors (Lipinski definition) is 0. The molecule has 0 bridgehead atoms. The first-order valence-corrected chi connectivity index (χ1v) is 9.41. The van der Waals surface area contributed by atoms with Crippen LogP contribution in [0.2, 0.25) is 0 Å². The molecule has 0 aromatic heterocycles. The van der Waals surface area contributed by atoms with Gasteiger partial charge >= 0.3 is 6.18 Å². The maximum atomic E-state index is 13.3. The highest BCUT2D eigenvalue weighted by Crippen LogP contribution is 2.37. The molecule has 0 aliphatic rings. The zero-order chi connectivity index (χ0) is 21.8. The Morgan fingerprint density at radius 3 is 2.07 bits per heavy atom. The van der Waals surface area contributed by atoms with Crippen LogP contribution in [0.25, 0.3) is 5.57 Å². The number of hydrogen-bond acceptors (Lipinski definition) is 2. The summed E-state index contributed by atoms with van der Waals surface area (Å²) in [5, 5.41) is 0. The van der Waals surface area contributed by atoms with Crippen molar-refractivity contribution in [1.82, 2.24) is 4.90 Å². The summed E-state index contributed by atoms with van der Waals surface area (Å²) in [5.74, 6) is -0.00475. The molecule has 0 unspecified atom stereocenters. The smallest absolute Gasteiger partial charge is 0.416 e. The predicted molar refractivity (Wildman–Crippen MR) is 109 cm³/mol. The highest BCUT2D eigenvalue weighted by atomic mass is 19.4. The maximum absolute atomic E-state index is 13.3. The Kier molecular flexibility index (Phi) is 7.11. The minimum absolute atomic E-state index is 0.0563. The molecule has 0 N–H and O–H groups in total. The minimum Gasteiger partial charge on any atom is -0.496 e. The van der Waals surface area contributed by atoms with E-state index in [1.807, 2.05) is 27.7 Å². The Labute approximate surface area is 169 Å². The van der Waals surface area contributed by atoms with E-state index in [1.165, 1.54) is 19.3 Å². The van der Waals surface area contributed by atoms with Crippen LogP contribution in [0.1, 0.15) is 44.4 Å². The number of ether oxygens (including phenoxy) is 1. The summed E-state index contributed by atoms with van der Waals surface area (Å²) in [5.41, 5.74) is 0.428. The fourth-order valence-corrected chi connectivity index (χ4v) is 3.33. The van der Waals surface area contributed by atoms with Gasteiger partial charge in [0.25, 0.3) is 0 Å². The first kappa shape index (κ1) is 22.5. The number of carbonyl (C=O) groups excluding carboxylic acids is 1. The van der Waals surface area contributed by atoms with Gasteiger partial charge in [0.05, 0.1) is 12.7 Å². The number of benzene rings is 2. The third kappa shape index (κ3) is 5.40. The van der Waals surface area contributed by atoms with Gasteiger partial charge in [-0.05, 0) is 57.0 Å². The lowest BCUT2D eigenvalue weighted by Crippen LogP contribution is -2.41. The maximum Gasteiger partial charge on any atom is 0.416 e. The molecule has 0 aliphatic carbocycles. The first-order valence-electron chi connectivity index (χ1n) is 9.41. The lowest BCUT2D eigenvalue weighted by atomic mass is 9.94. The quantitative estimate of drug-likeness (QED) is 0.569. The molecule has 6 heteroatoms. The van der Waals surface area contributed by atoms with Crippen LogP contribution in [0.3, 0.4) is 0 Å². The zero-order valence-electron chi connectivity index (χ0n) is 17.2. The molecule has 2 rings (SSSR count). The van der Waals surface area contributed by atoms with Gasteiger partial charge in [0.1, 0.15) is 5.75 Å². The Hall–Kier alpha value is -2.76. The fourth-order valence-electron chi connectivity index (χ4n) is 3.33. The fraction of sp³-hybridized carbons (Fsp3) is 0.348. The van der Waals surface area contributed by atoms with Crippen LogP contribution < -0.4 is 4.74 Å². The number of nitrogens with zero attached hydrogens (tertiary/aromatic N) is 1. The molecular weight excluding hydrogens is 379 g/mol. The largest absolute Gasteiger partial charge is 0.496 e. The van der Waals surface area contributed by atoms with E-state index in [4.69, 9.17) is 4.74 Å². The topological polar surface area (TPSA) is 29.5 Å². The van der Waals surface area contributed by atoms with Crippen molar-refractivity contribution in [2.24, 2.45) is 0 Å². The standard InChI is InChI=1S/C23H26F3NO2/c1-15(2)27(16(3)4)22(28)14-19(17-9-7-6-8-10-17)20-13-18(23(24,25)26)11-12-21(20)29-5/h6-16H,1-5H3/b19-14+. The zero-order valence-corrected chi connectivity index (χ0v) is 17.2. The Bertz CT molecular complexity index is 863. The number of rotatable bonds is 6. The van der Waals surface area contributed by atoms with Crippen molar-refractivity contribution in [3.05, 3.63) is 71.3 Å². The first-order chi connectivity index (χ1) is 13.6. The molecule has 0 atom stereocenters. The predicted octanol–water partition coefficient (Wildman–Crippen LogP) is 5.79. The summed E-state index contributed by atoms with van der Waals surface area (Å²) in [6.45, 7) is 7.61. The molecule has 0 fully saturated rings. The third-order valence-electron chi connectivity index (χ3n) is 4.54. The SMILES string of the molecule is COc1ccc(C(F)(F)F)cc1/C(=C/C(=O)N(C(C)C)C(C)C)c1ccccc1. The highest BCUT2D eigenvalue weighted by molar-refractivity contribution is 6.00. The summed E-state index contributed by atoms with van der Waals surface area (Å²) in [7, 11) is 1.39. The molecule has 0 spiro atoms. The van der Waals surface area contributed by atoms with E-state index in [9.17, 15) is 18.0 Å². The van der Waals surface area contributed by atoms with Crippen LogP contribution in [0.15, 0.2) is 54.6 Å². The monoisotopic (exact) mass is 405 g/mol. The molecule has 0 saturated heterocycles. The van der Waals surface area contributed by atoms with Crippen molar-refractivity contribution < 1.29 is 22.7 Å². The number of carbonyl (C=O) groups is 1. The van der Waals surface area contributed by atoms with Crippen LogP contribution in [0.4, 0.5) is 13.2 Å². The van der Waals surface area contributed by atoms with E-state index in [0.29, 0.717) is 11.1 Å². The van der Waals surface area contributed by atoms with Crippen molar-refractivity contribution in [3.63, 3.8) is 0 Å². The van der Waals surface area contributed by atoms with Gasteiger partial charge in [0.15, 0.2) is 0 Å². The lowest BCUT2D eigenvalue weighted by Gasteiger charge is -2.30. The average Bonchev–Trinajstić information content (AvgIpc) is 2.65. The molecule has 0 heterocycles. The number of alkyl halides is 3. The third-order valence-corrected chi connectivity index (χ3v) is 4.54. The van der Waals surface area contributed by atoms with E-state index in [1.54, 1.807) is 35.2 Å². The summed E-state index contributed by atoms with van der Waals surface area (Å²) < 4.78 is 45.3. The summed E-state index contributed by atoms with van der Waals surface area (Å²) >= 11 is 0. The summed E-state index contributed by atoms with van der Waals surface area (Å²) in [6, 6.07) is 12.0. The molecule has 2 aromatic carbocycles. The van der Waals surface area contributed by atoms with Crippen molar-refractivity contribution in [3.8, 4) is 5.75 Å². The van der Waals surface area contributed by atoms with E-state index in [2.05, 4.69) is 0 Å². The van der Waals surface area contributed by atoms with E-state index in [-0.39, 0.29) is 29.3 Å². The van der Waals surface area contributed by atoms with Crippen LogP contribution in [0, 0.1) is 0 Å². The van der Waals surface area contributed by atoms with Crippen LogP contribution in [-0.2, 0) is 11.0 Å². The van der Waals surface area contributed by atoms with Gasteiger partial charge in [-0.2, -0.15) is 13.2 Å².